The van der Waals surface area contributed by atoms with Crippen LogP contribution in [0.15, 0.2) is 23.1 Å². The van der Waals surface area contributed by atoms with E-state index >= 15 is 0 Å². The fraction of sp³-hybridized carbons (Fsp3) is 0.727. The Labute approximate surface area is 171 Å². The maximum absolute atomic E-state index is 13.4. The van der Waals surface area contributed by atoms with E-state index in [9.17, 15) is 8.42 Å². The summed E-state index contributed by atoms with van der Waals surface area (Å²) in [6.07, 6.45) is 2.30. The molecule has 0 aliphatic carbocycles. The van der Waals surface area contributed by atoms with Crippen LogP contribution in [-0.2, 0) is 15.4 Å². The molecule has 5 nitrogen and oxygen atoms in total. The summed E-state index contributed by atoms with van der Waals surface area (Å²) >= 11 is 0. The number of hydrogen-bond acceptors (Lipinski definition) is 4. The van der Waals surface area contributed by atoms with Gasteiger partial charge in [0, 0.05) is 17.1 Å². The quantitative estimate of drug-likeness (QED) is 0.731. The van der Waals surface area contributed by atoms with Crippen molar-refractivity contribution in [2.24, 2.45) is 0 Å². The standard InChI is InChI=1S/C22H38N2O3S/c1-9-12-27-18-11-10-16(20(2,3)4)13-19(18)28(25,26)23-17-14-21(5,6)24-22(7,8)15-17/h10-11,13,17,23-24H,9,12,14-15H2,1-8H3. The minimum atomic E-state index is -3.71. The molecule has 2 rings (SSSR count). The molecule has 1 aromatic carbocycles. The van der Waals surface area contributed by atoms with Crippen LogP contribution < -0.4 is 14.8 Å². The Morgan fingerprint density at radius 3 is 2.21 bits per heavy atom. The summed E-state index contributed by atoms with van der Waals surface area (Å²) in [5, 5.41) is 3.60. The smallest absolute Gasteiger partial charge is 0.244 e. The van der Waals surface area contributed by atoms with Crippen molar-refractivity contribution >= 4 is 10.0 Å². The van der Waals surface area contributed by atoms with E-state index in [1.54, 1.807) is 12.1 Å². The van der Waals surface area contributed by atoms with Crippen LogP contribution in [0.5, 0.6) is 5.75 Å². The molecule has 160 valence electrons. The van der Waals surface area contributed by atoms with Crippen LogP contribution >= 0.6 is 0 Å². The van der Waals surface area contributed by atoms with Gasteiger partial charge in [-0.25, -0.2) is 13.1 Å². The minimum absolute atomic E-state index is 0.131. The van der Waals surface area contributed by atoms with Crippen LogP contribution in [0.2, 0.25) is 0 Å². The number of benzene rings is 1. The molecule has 0 radical (unpaired) electrons. The number of nitrogens with one attached hydrogen (secondary N) is 2. The van der Waals surface area contributed by atoms with Crippen LogP contribution in [0.3, 0.4) is 0 Å². The van der Waals surface area contributed by atoms with E-state index in [-0.39, 0.29) is 27.4 Å². The van der Waals surface area contributed by atoms with Crippen LogP contribution in [0, 0.1) is 0 Å². The van der Waals surface area contributed by atoms with Gasteiger partial charge in [-0.2, -0.15) is 0 Å². The first-order valence-corrected chi connectivity index (χ1v) is 11.7. The zero-order chi connectivity index (χ0) is 21.4. The first kappa shape index (κ1) is 23.2. The highest BCUT2D eigenvalue weighted by molar-refractivity contribution is 7.89. The molecule has 0 aromatic heterocycles. The highest BCUT2D eigenvalue weighted by atomic mass is 32.2. The van der Waals surface area contributed by atoms with Crippen molar-refractivity contribution in [1.82, 2.24) is 10.0 Å². The van der Waals surface area contributed by atoms with Crippen molar-refractivity contribution < 1.29 is 13.2 Å². The molecule has 2 N–H and O–H groups in total. The van der Waals surface area contributed by atoms with E-state index < -0.39 is 10.0 Å². The van der Waals surface area contributed by atoms with Crippen LogP contribution in [0.4, 0.5) is 0 Å². The first-order chi connectivity index (χ1) is 12.7. The summed E-state index contributed by atoms with van der Waals surface area (Å²) in [5.74, 6) is 0.426. The lowest BCUT2D eigenvalue weighted by molar-refractivity contribution is 0.157. The van der Waals surface area contributed by atoms with Crippen molar-refractivity contribution in [2.75, 3.05) is 6.61 Å². The van der Waals surface area contributed by atoms with Gasteiger partial charge >= 0.3 is 0 Å². The number of hydrogen-bond donors (Lipinski definition) is 2. The topological polar surface area (TPSA) is 67.4 Å². The fourth-order valence-electron chi connectivity index (χ4n) is 4.20. The van der Waals surface area contributed by atoms with Crippen molar-refractivity contribution in [2.45, 2.75) is 102 Å². The third-order valence-corrected chi connectivity index (χ3v) is 6.61. The maximum atomic E-state index is 13.4. The lowest BCUT2D eigenvalue weighted by atomic mass is 9.80. The van der Waals surface area contributed by atoms with Gasteiger partial charge in [-0.15, -0.1) is 0 Å². The number of sulfonamides is 1. The number of piperidine rings is 1. The van der Waals surface area contributed by atoms with E-state index in [0.717, 1.165) is 24.8 Å². The molecule has 0 spiro atoms. The molecule has 1 aliphatic rings. The summed E-state index contributed by atoms with van der Waals surface area (Å²) in [4.78, 5) is 0.238. The average Bonchev–Trinajstić information content (AvgIpc) is 2.48. The van der Waals surface area contributed by atoms with Gasteiger partial charge in [0.1, 0.15) is 10.6 Å². The van der Waals surface area contributed by atoms with Gasteiger partial charge in [0.25, 0.3) is 0 Å². The molecule has 0 saturated carbocycles. The van der Waals surface area contributed by atoms with Crippen molar-refractivity contribution in [3.63, 3.8) is 0 Å². The summed E-state index contributed by atoms with van der Waals surface area (Å²) < 4.78 is 35.5. The van der Waals surface area contributed by atoms with Gasteiger partial charge in [0.2, 0.25) is 10.0 Å². The fourth-order valence-corrected chi connectivity index (χ4v) is 5.61. The molecule has 1 aliphatic heterocycles. The summed E-state index contributed by atoms with van der Waals surface area (Å²) in [5.41, 5.74) is 0.558. The molecule has 1 heterocycles. The highest BCUT2D eigenvalue weighted by Gasteiger charge is 2.39. The zero-order valence-electron chi connectivity index (χ0n) is 18.8. The normalized spacial score (nSPS) is 20.1. The minimum Gasteiger partial charge on any atom is -0.492 e. The van der Waals surface area contributed by atoms with E-state index in [2.05, 4.69) is 58.5 Å². The third-order valence-electron chi connectivity index (χ3n) is 5.07. The lowest BCUT2D eigenvalue weighted by Gasteiger charge is -2.46. The van der Waals surface area contributed by atoms with E-state index in [0.29, 0.717) is 12.4 Å². The lowest BCUT2D eigenvalue weighted by Crippen LogP contribution is -2.62. The average molecular weight is 411 g/mol. The first-order valence-electron chi connectivity index (χ1n) is 10.2. The largest absolute Gasteiger partial charge is 0.492 e. The molecule has 1 aromatic rings. The van der Waals surface area contributed by atoms with Gasteiger partial charge in [0.15, 0.2) is 0 Å². The van der Waals surface area contributed by atoms with Crippen molar-refractivity contribution in [3.05, 3.63) is 23.8 Å². The SMILES string of the molecule is CCCOc1ccc(C(C)(C)C)cc1S(=O)(=O)NC1CC(C)(C)NC(C)(C)C1. The number of rotatable bonds is 6. The zero-order valence-corrected chi connectivity index (χ0v) is 19.6. The predicted molar refractivity (Wildman–Crippen MR) is 116 cm³/mol. The Morgan fingerprint density at radius 1 is 1.14 bits per heavy atom. The second-order valence-corrected chi connectivity index (χ2v) is 12.1. The van der Waals surface area contributed by atoms with E-state index in [1.165, 1.54) is 0 Å². The molecular formula is C22H38N2O3S. The van der Waals surface area contributed by atoms with Gasteiger partial charge < -0.3 is 10.1 Å². The molecule has 28 heavy (non-hydrogen) atoms. The summed E-state index contributed by atoms with van der Waals surface area (Å²) in [7, 11) is -3.71. The van der Waals surface area contributed by atoms with Crippen LogP contribution in [-0.4, -0.2) is 32.1 Å². The monoisotopic (exact) mass is 410 g/mol. The summed E-state index contributed by atoms with van der Waals surface area (Å²) in [6.45, 7) is 17.2. The van der Waals surface area contributed by atoms with Crippen LogP contribution in [0.25, 0.3) is 0 Å². The van der Waals surface area contributed by atoms with Crippen LogP contribution in [0.1, 0.15) is 80.2 Å². The Kier molecular flexibility index (Phi) is 6.59. The molecule has 1 saturated heterocycles. The second kappa shape index (κ2) is 7.96. The Morgan fingerprint density at radius 2 is 1.71 bits per heavy atom. The molecule has 1 fully saturated rings. The Hall–Kier alpha value is -1.11. The highest BCUT2D eigenvalue weighted by Crippen LogP contribution is 2.33. The third kappa shape index (κ3) is 5.94. The molecular weight excluding hydrogens is 372 g/mol. The molecule has 0 amide bonds. The molecule has 0 bridgehead atoms. The van der Waals surface area contributed by atoms with Gasteiger partial charge in [-0.1, -0.05) is 33.8 Å². The van der Waals surface area contributed by atoms with Gasteiger partial charge in [-0.05, 0) is 70.1 Å². The van der Waals surface area contributed by atoms with Crippen molar-refractivity contribution in [1.29, 1.82) is 0 Å². The van der Waals surface area contributed by atoms with Gasteiger partial charge in [0.05, 0.1) is 6.61 Å². The van der Waals surface area contributed by atoms with E-state index in [4.69, 9.17) is 4.74 Å². The predicted octanol–water partition coefficient (Wildman–Crippen LogP) is 4.36. The van der Waals surface area contributed by atoms with E-state index in [1.807, 2.05) is 13.0 Å². The Bertz CT molecular complexity index is 776. The Balaban J connectivity index is 2.40. The number of ether oxygens (including phenoxy) is 1. The second-order valence-electron chi connectivity index (χ2n) is 10.4. The summed E-state index contributed by atoms with van der Waals surface area (Å²) in [6, 6.07) is 5.39. The molecule has 0 unspecified atom stereocenters. The maximum Gasteiger partial charge on any atom is 0.244 e. The molecule has 0 atom stereocenters. The van der Waals surface area contributed by atoms with Crippen molar-refractivity contribution in [3.8, 4) is 5.75 Å². The van der Waals surface area contributed by atoms with Gasteiger partial charge in [-0.3, -0.25) is 0 Å². The molecule has 6 heteroatoms.